The molecule has 1 fully saturated rings. The zero-order valence-corrected chi connectivity index (χ0v) is 23.6. The van der Waals surface area contributed by atoms with E-state index in [0.29, 0.717) is 13.0 Å². The first-order valence-electron chi connectivity index (χ1n) is 13.9. The summed E-state index contributed by atoms with van der Waals surface area (Å²) in [6, 6.07) is 12.7. The Bertz CT molecular complexity index is 1010. The molecule has 0 spiro atoms. The van der Waals surface area contributed by atoms with Gasteiger partial charge in [-0.2, -0.15) is 13.2 Å². The van der Waals surface area contributed by atoms with Crippen molar-refractivity contribution < 1.29 is 22.7 Å². The molecule has 9 heteroatoms. The predicted octanol–water partition coefficient (Wildman–Crippen LogP) is 5.91. The van der Waals surface area contributed by atoms with Gasteiger partial charge in [-0.1, -0.05) is 51.1 Å². The van der Waals surface area contributed by atoms with Gasteiger partial charge in [-0.05, 0) is 62.4 Å². The van der Waals surface area contributed by atoms with Crippen molar-refractivity contribution in [2.24, 2.45) is 5.92 Å². The van der Waals surface area contributed by atoms with E-state index in [1.165, 1.54) is 12.1 Å². The Labute approximate surface area is 230 Å². The van der Waals surface area contributed by atoms with Gasteiger partial charge in [-0.3, -0.25) is 10.1 Å². The van der Waals surface area contributed by atoms with E-state index in [1.54, 1.807) is 18.2 Å². The number of carbonyl (C=O) groups excluding carboxylic acids is 1. The van der Waals surface area contributed by atoms with Gasteiger partial charge in [0, 0.05) is 37.1 Å². The van der Waals surface area contributed by atoms with E-state index in [4.69, 9.17) is 4.74 Å². The molecule has 0 aliphatic carbocycles. The molecule has 1 aliphatic heterocycles. The third kappa shape index (κ3) is 9.42. The second-order valence-electron chi connectivity index (χ2n) is 10.9. The monoisotopic (exact) mass is 548 g/mol. The zero-order chi connectivity index (χ0) is 28.6. The Morgan fingerprint density at radius 2 is 1.64 bits per heavy atom. The van der Waals surface area contributed by atoms with Gasteiger partial charge < -0.3 is 20.3 Å². The van der Waals surface area contributed by atoms with E-state index < -0.39 is 24.2 Å². The number of hydrogen-bond acceptors (Lipinski definition) is 5. The highest BCUT2D eigenvalue weighted by molar-refractivity contribution is 5.82. The highest BCUT2D eigenvalue weighted by Crippen LogP contribution is 2.33. The van der Waals surface area contributed by atoms with Crippen LogP contribution in [0.15, 0.2) is 54.6 Å². The standard InChI is InChI=1S/C30H43F3N4O2/c1-6-24(17-34-25-12-14-26(15-13-25)37-18-21(4)39-22(5)19-37)35-29(38)27(16-20(2)3)36-28(30(31,32)33)23-10-8-7-9-11-23/h7-15,20-22,24,27-28,34,36H,6,16-19H2,1-5H3,(H,35,38)/t21-,22+,24-,27-,28-/m0/s1. The average Bonchev–Trinajstić information content (AvgIpc) is 2.88. The van der Waals surface area contributed by atoms with Crippen LogP contribution in [0.1, 0.15) is 59.1 Å². The molecule has 3 N–H and O–H groups in total. The topological polar surface area (TPSA) is 65.6 Å². The van der Waals surface area contributed by atoms with Crippen molar-refractivity contribution in [2.75, 3.05) is 29.9 Å². The summed E-state index contributed by atoms with van der Waals surface area (Å²) in [6.45, 7) is 12.0. The summed E-state index contributed by atoms with van der Waals surface area (Å²) in [5, 5.41) is 8.95. The van der Waals surface area contributed by atoms with Crippen molar-refractivity contribution in [3.8, 4) is 0 Å². The van der Waals surface area contributed by atoms with Crippen LogP contribution < -0.4 is 20.9 Å². The maximum absolute atomic E-state index is 14.0. The number of nitrogens with one attached hydrogen (secondary N) is 3. The number of hydrogen-bond donors (Lipinski definition) is 3. The van der Waals surface area contributed by atoms with Gasteiger partial charge in [0.2, 0.25) is 5.91 Å². The number of nitrogens with zero attached hydrogens (tertiary/aromatic N) is 1. The highest BCUT2D eigenvalue weighted by atomic mass is 19.4. The number of halogens is 3. The van der Waals surface area contributed by atoms with Crippen LogP contribution in [0.3, 0.4) is 0 Å². The minimum absolute atomic E-state index is 0.0343. The zero-order valence-electron chi connectivity index (χ0n) is 23.6. The lowest BCUT2D eigenvalue weighted by Gasteiger charge is -2.37. The summed E-state index contributed by atoms with van der Waals surface area (Å²) in [7, 11) is 0. The van der Waals surface area contributed by atoms with Crippen molar-refractivity contribution in [2.45, 2.75) is 84.0 Å². The van der Waals surface area contributed by atoms with Crippen LogP contribution in [-0.2, 0) is 9.53 Å². The molecule has 3 rings (SSSR count). The number of rotatable bonds is 12. The molecule has 1 heterocycles. The fourth-order valence-electron chi connectivity index (χ4n) is 4.97. The van der Waals surface area contributed by atoms with Gasteiger partial charge >= 0.3 is 6.18 Å². The fourth-order valence-corrected chi connectivity index (χ4v) is 4.97. The molecule has 1 saturated heterocycles. The van der Waals surface area contributed by atoms with Crippen LogP contribution in [0.25, 0.3) is 0 Å². The fraction of sp³-hybridized carbons (Fsp3) is 0.567. The summed E-state index contributed by atoms with van der Waals surface area (Å²) < 4.78 is 47.7. The third-order valence-electron chi connectivity index (χ3n) is 6.90. The van der Waals surface area contributed by atoms with Crippen molar-refractivity contribution in [1.82, 2.24) is 10.6 Å². The maximum atomic E-state index is 14.0. The van der Waals surface area contributed by atoms with Crippen LogP contribution in [0.2, 0.25) is 0 Å². The summed E-state index contributed by atoms with van der Waals surface area (Å²) in [6.07, 6.45) is -3.26. The van der Waals surface area contributed by atoms with E-state index in [9.17, 15) is 18.0 Å². The van der Waals surface area contributed by atoms with Crippen molar-refractivity contribution >= 4 is 17.3 Å². The molecule has 1 amide bonds. The quantitative estimate of drug-likeness (QED) is 0.308. The van der Waals surface area contributed by atoms with Gasteiger partial charge in [0.05, 0.1) is 18.2 Å². The molecule has 5 atom stereocenters. The summed E-state index contributed by atoms with van der Waals surface area (Å²) in [5.74, 6) is -0.388. The van der Waals surface area contributed by atoms with Crippen molar-refractivity contribution in [1.29, 1.82) is 0 Å². The molecule has 2 aromatic rings. The second kappa shape index (κ2) is 14.0. The Morgan fingerprint density at radius 3 is 2.18 bits per heavy atom. The number of amides is 1. The Kier molecular flexibility index (Phi) is 11.1. The largest absolute Gasteiger partial charge is 0.407 e. The number of anilines is 2. The highest BCUT2D eigenvalue weighted by Gasteiger charge is 2.43. The number of alkyl halides is 3. The van der Waals surface area contributed by atoms with E-state index >= 15 is 0 Å². The van der Waals surface area contributed by atoms with Crippen LogP contribution in [-0.4, -0.2) is 56.0 Å². The SMILES string of the molecule is CC[C@@H](CNc1ccc(N2C[C@@H](C)O[C@@H](C)C2)cc1)NC(=O)[C@H](CC(C)C)N[C@@H](c1ccccc1)C(F)(F)F. The summed E-state index contributed by atoms with van der Waals surface area (Å²) in [5.41, 5.74) is 2.13. The van der Waals surface area contributed by atoms with Crippen LogP contribution in [0.5, 0.6) is 0 Å². The van der Waals surface area contributed by atoms with Crippen LogP contribution in [0, 0.1) is 5.92 Å². The first-order valence-corrected chi connectivity index (χ1v) is 13.9. The second-order valence-corrected chi connectivity index (χ2v) is 10.9. The van der Waals surface area contributed by atoms with E-state index in [0.717, 1.165) is 24.5 Å². The normalized spacial score (nSPS) is 20.4. The van der Waals surface area contributed by atoms with Gasteiger partial charge in [-0.15, -0.1) is 0 Å². The molecule has 0 radical (unpaired) electrons. The van der Waals surface area contributed by atoms with E-state index in [-0.39, 0.29) is 36.2 Å². The number of carbonyl (C=O) groups is 1. The van der Waals surface area contributed by atoms with E-state index in [1.807, 2.05) is 32.9 Å². The molecular formula is C30H43F3N4O2. The van der Waals surface area contributed by atoms with Crippen LogP contribution >= 0.6 is 0 Å². The first kappa shape index (κ1) is 30.8. The smallest absolute Gasteiger partial charge is 0.383 e. The van der Waals surface area contributed by atoms with Gasteiger partial charge in [0.1, 0.15) is 6.04 Å². The predicted molar refractivity (Wildman–Crippen MR) is 151 cm³/mol. The molecule has 0 bridgehead atoms. The number of morpholine rings is 1. The summed E-state index contributed by atoms with van der Waals surface area (Å²) in [4.78, 5) is 15.6. The molecule has 0 unspecified atom stereocenters. The minimum Gasteiger partial charge on any atom is -0.383 e. The first-order chi connectivity index (χ1) is 18.5. The van der Waals surface area contributed by atoms with Gasteiger partial charge in [-0.25, -0.2) is 0 Å². The number of ether oxygens (including phenoxy) is 1. The lowest BCUT2D eigenvalue weighted by molar-refractivity contribution is -0.161. The van der Waals surface area contributed by atoms with Gasteiger partial charge in [0.15, 0.2) is 0 Å². The molecule has 0 saturated carbocycles. The summed E-state index contributed by atoms with van der Waals surface area (Å²) >= 11 is 0. The maximum Gasteiger partial charge on any atom is 0.407 e. The van der Waals surface area contributed by atoms with Crippen LogP contribution in [0.4, 0.5) is 24.5 Å². The van der Waals surface area contributed by atoms with Gasteiger partial charge in [0.25, 0.3) is 0 Å². The average molecular weight is 549 g/mol. The van der Waals surface area contributed by atoms with E-state index in [2.05, 4.69) is 46.8 Å². The lowest BCUT2D eigenvalue weighted by atomic mass is 9.99. The molecule has 39 heavy (non-hydrogen) atoms. The Balaban J connectivity index is 1.62. The Hall–Kier alpha value is -2.78. The molecule has 2 aromatic carbocycles. The molecule has 1 aliphatic rings. The van der Waals surface area contributed by atoms with Crippen molar-refractivity contribution in [3.63, 3.8) is 0 Å². The molecule has 6 nitrogen and oxygen atoms in total. The lowest BCUT2D eigenvalue weighted by Crippen LogP contribution is -2.52. The number of benzene rings is 2. The minimum atomic E-state index is -4.54. The molecule has 216 valence electrons. The molecular weight excluding hydrogens is 505 g/mol. The van der Waals surface area contributed by atoms with Crippen molar-refractivity contribution in [3.05, 3.63) is 60.2 Å². The molecule has 0 aromatic heterocycles. The third-order valence-corrected chi connectivity index (χ3v) is 6.90. The Morgan fingerprint density at radius 1 is 1.03 bits per heavy atom.